The number of Topliss-reactive ketones (excluding diaryl/α,β-unsaturated/α-hetero) is 1. The van der Waals surface area contributed by atoms with Gasteiger partial charge in [0.05, 0.1) is 5.60 Å². The molecule has 2 nitrogen and oxygen atoms in total. The second-order valence-corrected chi connectivity index (χ2v) is 10.3. The molecule has 5 fully saturated rings. The molecule has 9 unspecified atom stereocenters. The van der Waals surface area contributed by atoms with Gasteiger partial charge in [-0.05, 0) is 98.7 Å². The zero-order valence-electron chi connectivity index (χ0n) is 15.5. The molecule has 0 aromatic rings. The van der Waals surface area contributed by atoms with Gasteiger partial charge in [0.15, 0.2) is 0 Å². The Morgan fingerprint density at radius 3 is 2.29 bits per heavy atom. The van der Waals surface area contributed by atoms with Gasteiger partial charge in [-0.2, -0.15) is 0 Å². The second kappa shape index (κ2) is 5.09. The molecule has 0 aromatic heterocycles. The summed E-state index contributed by atoms with van der Waals surface area (Å²) >= 11 is 0. The topological polar surface area (TPSA) is 37.3 Å². The van der Waals surface area contributed by atoms with Crippen LogP contribution in [0.2, 0.25) is 0 Å². The van der Waals surface area contributed by atoms with Crippen LogP contribution in [0.1, 0.15) is 78.1 Å². The Hall–Kier alpha value is -0.370. The second-order valence-electron chi connectivity index (χ2n) is 10.3. The van der Waals surface area contributed by atoms with Crippen LogP contribution in [0.4, 0.5) is 0 Å². The van der Waals surface area contributed by atoms with Crippen LogP contribution in [0.25, 0.3) is 0 Å². The van der Waals surface area contributed by atoms with Gasteiger partial charge in [-0.1, -0.05) is 13.8 Å². The van der Waals surface area contributed by atoms with Crippen molar-refractivity contribution < 1.29 is 9.90 Å². The molecule has 9 atom stereocenters. The molecule has 0 aromatic carbocycles. The molecule has 0 amide bonds. The number of carbonyl (C=O) groups is 1. The fourth-order valence-corrected chi connectivity index (χ4v) is 8.46. The van der Waals surface area contributed by atoms with Gasteiger partial charge in [0.25, 0.3) is 0 Å². The Kier molecular flexibility index (Phi) is 3.36. The highest BCUT2D eigenvalue weighted by atomic mass is 16.3. The molecule has 134 valence electrons. The molecule has 24 heavy (non-hydrogen) atoms. The first-order valence-corrected chi connectivity index (χ1v) is 10.7. The molecule has 0 heterocycles. The Labute approximate surface area is 146 Å². The number of carbonyl (C=O) groups excluding carboxylic acids is 1. The maximum absolute atomic E-state index is 12.5. The predicted molar refractivity (Wildman–Crippen MR) is 94.3 cm³/mol. The number of fused-ring (bicyclic) bond motifs is 7. The highest BCUT2D eigenvalue weighted by Gasteiger charge is 2.65. The summed E-state index contributed by atoms with van der Waals surface area (Å²) in [6.07, 6.45) is 12.0. The van der Waals surface area contributed by atoms with Gasteiger partial charge >= 0.3 is 0 Å². The van der Waals surface area contributed by atoms with Crippen LogP contribution in [0.3, 0.4) is 0 Å². The summed E-state index contributed by atoms with van der Waals surface area (Å²) in [6, 6.07) is 0. The lowest BCUT2D eigenvalue weighted by Gasteiger charge is -2.56. The SMILES string of the molecule is CCC(=O)C1CCC2C3CCC4C(CCC5(O)CC45)C3CCC12C. The summed E-state index contributed by atoms with van der Waals surface area (Å²) in [5.74, 6) is 5.83. The minimum Gasteiger partial charge on any atom is -0.390 e. The monoisotopic (exact) mass is 330 g/mol. The van der Waals surface area contributed by atoms with E-state index in [9.17, 15) is 9.90 Å². The van der Waals surface area contributed by atoms with Crippen molar-refractivity contribution in [2.24, 2.45) is 46.8 Å². The molecule has 5 aliphatic carbocycles. The summed E-state index contributed by atoms with van der Waals surface area (Å²) in [5, 5.41) is 10.6. The molecule has 1 N–H and O–H groups in total. The van der Waals surface area contributed by atoms with E-state index >= 15 is 0 Å². The van der Waals surface area contributed by atoms with Crippen LogP contribution in [0.15, 0.2) is 0 Å². The molecule has 0 aliphatic heterocycles. The molecular formula is C22H34O2. The molecule has 5 rings (SSSR count). The van der Waals surface area contributed by atoms with Gasteiger partial charge in [-0.3, -0.25) is 4.79 Å². The quantitative estimate of drug-likeness (QED) is 0.803. The first-order valence-electron chi connectivity index (χ1n) is 10.7. The molecule has 5 aliphatic rings. The largest absolute Gasteiger partial charge is 0.390 e. The van der Waals surface area contributed by atoms with Gasteiger partial charge < -0.3 is 5.11 Å². The van der Waals surface area contributed by atoms with Crippen LogP contribution in [0, 0.1) is 46.8 Å². The van der Waals surface area contributed by atoms with Crippen LogP contribution in [0.5, 0.6) is 0 Å². The fraction of sp³-hybridized carbons (Fsp3) is 0.955. The number of aliphatic hydroxyl groups is 1. The van der Waals surface area contributed by atoms with Crippen LogP contribution < -0.4 is 0 Å². The van der Waals surface area contributed by atoms with E-state index in [1.807, 2.05) is 0 Å². The number of hydrogen-bond donors (Lipinski definition) is 1. The Bertz CT molecular complexity index is 556. The molecule has 0 spiro atoms. The van der Waals surface area contributed by atoms with Crippen molar-refractivity contribution in [3.63, 3.8) is 0 Å². The van der Waals surface area contributed by atoms with E-state index in [-0.39, 0.29) is 5.60 Å². The van der Waals surface area contributed by atoms with Crippen LogP contribution in [-0.4, -0.2) is 16.5 Å². The lowest BCUT2D eigenvalue weighted by molar-refractivity contribution is -0.130. The third-order valence-electron chi connectivity index (χ3n) is 9.69. The minimum atomic E-state index is -0.247. The van der Waals surface area contributed by atoms with E-state index in [0.717, 1.165) is 55.3 Å². The Morgan fingerprint density at radius 2 is 1.58 bits per heavy atom. The zero-order chi connectivity index (χ0) is 16.7. The summed E-state index contributed by atoms with van der Waals surface area (Å²) in [5.41, 5.74) is 0.0548. The molecular weight excluding hydrogens is 296 g/mol. The molecule has 2 heteroatoms. The van der Waals surface area contributed by atoms with Crippen LogP contribution >= 0.6 is 0 Å². The standard InChI is InChI=1S/C22H34O2/c1-3-20(23)18-7-6-17-15-4-5-16-14(9-11-22(24)12-19(16)22)13(15)8-10-21(17,18)2/h13-19,24H,3-12H2,1-2H3. The van der Waals surface area contributed by atoms with Crippen LogP contribution in [-0.2, 0) is 4.79 Å². The molecule has 0 bridgehead atoms. The van der Waals surface area contributed by atoms with E-state index in [0.29, 0.717) is 23.0 Å². The smallest absolute Gasteiger partial charge is 0.136 e. The Morgan fingerprint density at radius 1 is 0.917 bits per heavy atom. The van der Waals surface area contributed by atoms with Gasteiger partial charge in [0.2, 0.25) is 0 Å². The molecule has 5 saturated carbocycles. The first-order chi connectivity index (χ1) is 11.5. The highest BCUT2D eigenvalue weighted by Crippen LogP contribution is 2.68. The average molecular weight is 331 g/mol. The van der Waals surface area contributed by atoms with Crippen molar-refractivity contribution in [3.8, 4) is 0 Å². The van der Waals surface area contributed by atoms with Gasteiger partial charge in [0, 0.05) is 12.3 Å². The van der Waals surface area contributed by atoms with Gasteiger partial charge in [-0.15, -0.1) is 0 Å². The molecule has 0 saturated heterocycles. The van der Waals surface area contributed by atoms with Gasteiger partial charge in [0.1, 0.15) is 5.78 Å². The maximum Gasteiger partial charge on any atom is 0.136 e. The summed E-state index contributed by atoms with van der Waals surface area (Å²) in [4.78, 5) is 12.5. The number of hydrogen-bond acceptors (Lipinski definition) is 2. The van der Waals surface area contributed by atoms with E-state index in [1.54, 1.807) is 0 Å². The fourth-order valence-electron chi connectivity index (χ4n) is 8.46. The zero-order valence-corrected chi connectivity index (χ0v) is 15.5. The van der Waals surface area contributed by atoms with E-state index in [4.69, 9.17) is 0 Å². The van der Waals surface area contributed by atoms with E-state index < -0.39 is 0 Å². The lowest BCUT2D eigenvalue weighted by Crippen LogP contribution is -2.50. The van der Waals surface area contributed by atoms with Crippen molar-refractivity contribution in [1.29, 1.82) is 0 Å². The average Bonchev–Trinajstić information content (AvgIpc) is 3.15. The van der Waals surface area contributed by atoms with Crippen molar-refractivity contribution >= 4 is 5.78 Å². The van der Waals surface area contributed by atoms with Crippen molar-refractivity contribution in [1.82, 2.24) is 0 Å². The van der Waals surface area contributed by atoms with Crippen molar-refractivity contribution in [2.75, 3.05) is 0 Å². The van der Waals surface area contributed by atoms with E-state index in [2.05, 4.69) is 13.8 Å². The Balaban J connectivity index is 1.39. The normalized spacial score (nSPS) is 58.2. The van der Waals surface area contributed by atoms with E-state index in [1.165, 1.54) is 38.5 Å². The number of rotatable bonds is 2. The summed E-state index contributed by atoms with van der Waals surface area (Å²) < 4.78 is 0. The third-order valence-corrected chi connectivity index (χ3v) is 9.69. The highest BCUT2D eigenvalue weighted by molar-refractivity contribution is 5.81. The van der Waals surface area contributed by atoms with Crippen molar-refractivity contribution in [2.45, 2.75) is 83.7 Å². The summed E-state index contributed by atoms with van der Waals surface area (Å²) in [7, 11) is 0. The summed E-state index contributed by atoms with van der Waals surface area (Å²) in [6.45, 7) is 4.51. The van der Waals surface area contributed by atoms with Crippen molar-refractivity contribution in [3.05, 3.63) is 0 Å². The van der Waals surface area contributed by atoms with Gasteiger partial charge in [-0.25, -0.2) is 0 Å². The third kappa shape index (κ3) is 1.95. The predicted octanol–water partition coefficient (Wildman–Crippen LogP) is 4.60. The lowest BCUT2D eigenvalue weighted by atomic mass is 9.49. The minimum absolute atomic E-state index is 0.247. The number of ketones is 1. The molecule has 0 radical (unpaired) electrons. The first kappa shape index (κ1) is 15.9. The maximum atomic E-state index is 12.5.